The van der Waals surface area contributed by atoms with E-state index in [0.29, 0.717) is 0 Å². The minimum absolute atomic E-state index is 0.806. The van der Waals surface area contributed by atoms with Crippen LogP contribution in [0.2, 0.25) is 0 Å². The van der Waals surface area contributed by atoms with Crippen LogP contribution in [0.25, 0.3) is 22.2 Å². The highest BCUT2D eigenvalue weighted by Crippen LogP contribution is 2.29. The lowest BCUT2D eigenvalue weighted by Gasteiger charge is -2.40. The molecule has 0 N–H and O–H groups in total. The molecule has 0 spiro atoms. The maximum Gasteiger partial charge on any atom is 0.140 e. The fourth-order valence-electron chi connectivity index (χ4n) is 5.38. The second-order valence-corrected chi connectivity index (χ2v) is 8.97. The van der Waals surface area contributed by atoms with Crippen LogP contribution in [0.5, 0.6) is 0 Å². The highest BCUT2D eigenvalue weighted by atomic mass is 15.2. The van der Waals surface area contributed by atoms with Gasteiger partial charge in [-0.25, -0.2) is 4.98 Å². The lowest BCUT2D eigenvalue weighted by atomic mass is 10.00. The standard InChI is InChI=1S/C26H34N4/c1-2-29-20-22(19-28-17-13-23(14-18-28)30-15-6-3-7-16-30)27-26(29)25-12-8-10-21-9-4-5-11-24(21)25/h4-5,8-12,20,23H,2-3,6-7,13-19H2,1H3. The first-order valence-electron chi connectivity index (χ1n) is 11.8. The first-order chi connectivity index (χ1) is 14.8. The normalized spacial score (nSPS) is 19.5. The Bertz CT molecular complexity index is 972. The highest BCUT2D eigenvalue weighted by Gasteiger charge is 2.26. The number of hydrogen-bond acceptors (Lipinski definition) is 3. The zero-order valence-electron chi connectivity index (χ0n) is 18.3. The number of rotatable bonds is 5. The van der Waals surface area contributed by atoms with Gasteiger partial charge in [0.05, 0.1) is 5.69 Å². The Hall–Kier alpha value is -2.17. The molecule has 2 aromatic carbocycles. The maximum absolute atomic E-state index is 5.12. The average Bonchev–Trinajstić information content (AvgIpc) is 3.22. The van der Waals surface area contributed by atoms with Gasteiger partial charge in [0, 0.05) is 44.0 Å². The molecule has 2 saturated heterocycles. The van der Waals surface area contributed by atoms with Crippen LogP contribution in [0.4, 0.5) is 0 Å². The fourth-order valence-corrected chi connectivity index (χ4v) is 5.38. The summed E-state index contributed by atoms with van der Waals surface area (Å²) in [7, 11) is 0. The third-order valence-electron chi connectivity index (χ3n) is 7.05. The molecule has 0 amide bonds. The lowest BCUT2D eigenvalue weighted by molar-refractivity contribution is 0.0892. The second-order valence-electron chi connectivity index (χ2n) is 8.97. The molecule has 0 saturated carbocycles. The first kappa shape index (κ1) is 19.8. The molecule has 5 rings (SSSR count). The molecule has 3 heterocycles. The van der Waals surface area contributed by atoms with Gasteiger partial charge in [-0.1, -0.05) is 48.9 Å². The van der Waals surface area contributed by atoms with Crippen molar-refractivity contribution in [3.05, 3.63) is 54.4 Å². The number of imidazole rings is 1. The molecule has 0 unspecified atom stereocenters. The predicted molar refractivity (Wildman–Crippen MR) is 125 cm³/mol. The van der Waals surface area contributed by atoms with Crippen molar-refractivity contribution in [1.82, 2.24) is 19.4 Å². The van der Waals surface area contributed by atoms with Gasteiger partial charge in [-0.2, -0.15) is 0 Å². The maximum atomic E-state index is 5.12. The molecule has 0 aliphatic carbocycles. The zero-order valence-corrected chi connectivity index (χ0v) is 18.3. The predicted octanol–water partition coefficient (Wildman–Crippen LogP) is 5.17. The van der Waals surface area contributed by atoms with Crippen LogP contribution in [0.3, 0.4) is 0 Å². The SMILES string of the molecule is CCn1cc(CN2CCC(N3CCCCC3)CC2)nc1-c1cccc2ccccc12. The monoisotopic (exact) mass is 402 g/mol. The van der Waals surface area contributed by atoms with E-state index >= 15 is 0 Å². The van der Waals surface area contributed by atoms with Gasteiger partial charge in [-0.3, -0.25) is 4.90 Å². The molecule has 2 aliphatic heterocycles. The van der Waals surface area contributed by atoms with E-state index in [9.17, 15) is 0 Å². The molecule has 3 aromatic rings. The van der Waals surface area contributed by atoms with E-state index in [1.54, 1.807) is 0 Å². The molecule has 4 nitrogen and oxygen atoms in total. The number of likely N-dealkylation sites (tertiary alicyclic amines) is 2. The summed E-state index contributed by atoms with van der Waals surface area (Å²) in [5.41, 5.74) is 2.45. The molecule has 0 atom stereocenters. The third kappa shape index (κ3) is 4.03. The zero-order chi connectivity index (χ0) is 20.3. The summed E-state index contributed by atoms with van der Waals surface area (Å²) in [6, 6.07) is 16.0. The van der Waals surface area contributed by atoms with Crippen LogP contribution in [-0.2, 0) is 13.1 Å². The fraction of sp³-hybridized carbons (Fsp3) is 0.500. The first-order valence-corrected chi connectivity index (χ1v) is 11.8. The Morgan fingerprint density at radius 1 is 0.900 bits per heavy atom. The van der Waals surface area contributed by atoms with Crippen LogP contribution in [-0.4, -0.2) is 51.6 Å². The van der Waals surface area contributed by atoms with Crippen molar-refractivity contribution in [2.24, 2.45) is 0 Å². The summed E-state index contributed by atoms with van der Waals surface area (Å²) >= 11 is 0. The summed E-state index contributed by atoms with van der Waals surface area (Å²) in [5, 5.41) is 2.57. The summed E-state index contributed by atoms with van der Waals surface area (Å²) in [4.78, 5) is 10.5. The van der Waals surface area contributed by atoms with Gasteiger partial charge in [0.15, 0.2) is 0 Å². The van der Waals surface area contributed by atoms with E-state index in [2.05, 4.69) is 70.0 Å². The van der Waals surface area contributed by atoms with E-state index in [1.807, 2.05) is 0 Å². The van der Waals surface area contributed by atoms with Crippen LogP contribution in [0.1, 0.15) is 44.7 Å². The third-order valence-corrected chi connectivity index (χ3v) is 7.05. The van der Waals surface area contributed by atoms with Crippen molar-refractivity contribution in [3.8, 4) is 11.4 Å². The van der Waals surface area contributed by atoms with Gasteiger partial charge in [0.1, 0.15) is 5.82 Å². The smallest absolute Gasteiger partial charge is 0.140 e. The quantitative estimate of drug-likeness (QED) is 0.588. The number of benzene rings is 2. The molecule has 2 fully saturated rings. The van der Waals surface area contributed by atoms with E-state index in [0.717, 1.165) is 25.0 Å². The average molecular weight is 403 g/mol. The molecule has 158 valence electrons. The number of nitrogens with zero attached hydrogens (tertiary/aromatic N) is 4. The molecule has 4 heteroatoms. The van der Waals surface area contributed by atoms with Gasteiger partial charge >= 0.3 is 0 Å². The van der Waals surface area contributed by atoms with E-state index in [1.165, 1.54) is 80.3 Å². The summed E-state index contributed by atoms with van der Waals surface area (Å²) in [6.07, 6.45) is 9.11. The summed E-state index contributed by atoms with van der Waals surface area (Å²) in [6.45, 7) is 9.16. The Morgan fingerprint density at radius 3 is 2.47 bits per heavy atom. The number of hydrogen-bond donors (Lipinski definition) is 0. The van der Waals surface area contributed by atoms with E-state index < -0.39 is 0 Å². The minimum Gasteiger partial charge on any atom is -0.331 e. The Kier molecular flexibility index (Phi) is 5.87. The van der Waals surface area contributed by atoms with Crippen molar-refractivity contribution in [2.75, 3.05) is 26.2 Å². The second kappa shape index (κ2) is 8.91. The molecule has 0 radical (unpaired) electrons. The Morgan fingerprint density at radius 2 is 1.67 bits per heavy atom. The number of aryl methyl sites for hydroxylation is 1. The van der Waals surface area contributed by atoms with Crippen LogP contribution >= 0.6 is 0 Å². The van der Waals surface area contributed by atoms with Crippen molar-refractivity contribution in [1.29, 1.82) is 0 Å². The van der Waals surface area contributed by atoms with Crippen LogP contribution in [0.15, 0.2) is 48.7 Å². The molecule has 2 aliphatic rings. The van der Waals surface area contributed by atoms with Gasteiger partial charge in [0.25, 0.3) is 0 Å². The Balaban J connectivity index is 1.30. The minimum atomic E-state index is 0.806. The van der Waals surface area contributed by atoms with Crippen molar-refractivity contribution >= 4 is 10.8 Å². The number of fused-ring (bicyclic) bond motifs is 1. The summed E-state index contributed by atoms with van der Waals surface area (Å²) in [5.74, 6) is 1.10. The number of piperidine rings is 2. The molecule has 30 heavy (non-hydrogen) atoms. The molecular weight excluding hydrogens is 368 g/mol. The topological polar surface area (TPSA) is 24.3 Å². The van der Waals surface area contributed by atoms with E-state index in [4.69, 9.17) is 4.98 Å². The van der Waals surface area contributed by atoms with Gasteiger partial charge in [-0.05, 0) is 56.5 Å². The molecule has 1 aromatic heterocycles. The highest BCUT2D eigenvalue weighted by molar-refractivity contribution is 5.95. The lowest BCUT2D eigenvalue weighted by Crippen LogP contribution is -2.46. The van der Waals surface area contributed by atoms with Gasteiger partial charge in [0.2, 0.25) is 0 Å². The largest absolute Gasteiger partial charge is 0.331 e. The van der Waals surface area contributed by atoms with Gasteiger partial charge in [-0.15, -0.1) is 0 Å². The van der Waals surface area contributed by atoms with Crippen molar-refractivity contribution < 1.29 is 0 Å². The van der Waals surface area contributed by atoms with Crippen LogP contribution < -0.4 is 0 Å². The van der Waals surface area contributed by atoms with E-state index in [-0.39, 0.29) is 0 Å². The molecular formula is C26H34N4. The summed E-state index contributed by atoms with van der Waals surface area (Å²) < 4.78 is 2.32. The van der Waals surface area contributed by atoms with Gasteiger partial charge < -0.3 is 9.47 Å². The van der Waals surface area contributed by atoms with Crippen molar-refractivity contribution in [2.45, 2.75) is 58.2 Å². The van der Waals surface area contributed by atoms with Crippen LogP contribution in [0, 0.1) is 0 Å². The number of aromatic nitrogens is 2. The Labute approximate surface area is 180 Å². The molecule has 0 bridgehead atoms. The van der Waals surface area contributed by atoms with Crippen molar-refractivity contribution in [3.63, 3.8) is 0 Å².